The summed E-state index contributed by atoms with van der Waals surface area (Å²) in [6.45, 7) is 0. The number of rotatable bonds is 1. The maximum Gasteiger partial charge on any atom is 0.127 e. The van der Waals surface area contributed by atoms with E-state index < -0.39 is 0 Å². The number of aliphatic hydroxyl groups is 1. The largest absolute Gasteiger partial charge is 0.496 e. The Bertz CT molecular complexity index is 560. The molecule has 0 heterocycles. The molecule has 1 N–H and O–H groups in total. The Kier molecular flexibility index (Phi) is 2.52. The van der Waals surface area contributed by atoms with E-state index in [-0.39, 0.29) is 6.10 Å². The molecule has 17 heavy (non-hydrogen) atoms. The lowest BCUT2D eigenvalue weighted by atomic mass is 9.85. The number of benzene rings is 2. The van der Waals surface area contributed by atoms with Crippen molar-refractivity contribution in [3.05, 3.63) is 41.5 Å². The molecule has 88 valence electrons. The molecule has 0 saturated carbocycles. The van der Waals surface area contributed by atoms with Crippen LogP contribution in [-0.2, 0) is 6.42 Å². The predicted octanol–water partition coefficient (Wildman–Crippen LogP) is 3.22. The number of aliphatic hydroxyl groups excluding tert-OH is 1. The zero-order valence-corrected chi connectivity index (χ0v) is 9.94. The molecule has 1 aliphatic carbocycles. The lowest BCUT2D eigenvalue weighted by Gasteiger charge is -2.24. The molecule has 0 saturated heterocycles. The quantitative estimate of drug-likeness (QED) is 0.812. The third kappa shape index (κ3) is 1.60. The van der Waals surface area contributed by atoms with Crippen molar-refractivity contribution in [2.24, 2.45) is 0 Å². The van der Waals surface area contributed by atoms with E-state index in [2.05, 4.69) is 12.1 Å². The first-order chi connectivity index (χ1) is 8.31. The Morgan fingerprint density at radius 2 is 2.00 bits per heavy atom. The number of hydrogen-bond donors (Lipinski definition) is 1. The molecule has 1 atom stereocenters. The van der Waals surface area contributed by atoms with Crippen molar-refractivity contribution in [1.29, 1.82) is 0 Å². The van der Waals surface area contributed by atoms with Crippen LogP contribution in [0.1, 0.15) is 30.1 Å². The SMILES string of the molecule is COc1cc2c(c3ccccc13)CCC[C@H]2O. The van der Waals surface area contributed by atoms with Gasteiger partial charge < -0.3 is 9.84 Å². The minimum atomic E-state index is -0.336. The predicted molar refractivity (Wildman–Crippen MR) is 68.4 cm³/mol. The molecule has 0 aliphatic heterocycles. The van der Waals surface area contributed by atoms with Gasteiger partial charge in [-0.3, -0.25) is 0 Å². The fraction of sp³-hybridized carbons (Fsp3) is 0.333. The summed E-state index contributed by atoms with van der Waals surface area (Å²) >= 11 is 0. The zero-order chi connectivity index (χ0) is 11.8. The Morgan fingerprint density at radius 3 is 2.76 bits per heavy atom. The van der Waals surface area contributed by atoms with E-state index in [1.807, 2.05) is 18.2 Å². The van der Waals surface area contributed by atoms with Crippen molar-refractivity contribution >= 4 is 10.8 Å². The summed E-state index contributed by atoms with van der Waals surface area (Å²) in [5.74, 6) is 0.861. The minimum Gasteiger partial charge on any atom is -0.496 e. The van der Waals surface area contributed by atoms with Crippen molar-refractivity contribution in [3.8, 4) is 5.75 Å². The Balaban J connectivity index is 2.36. The van der Waals surface area contributed by atoms with Gasteiger partial charge in [0, 0.05) is 5.39 Å². The first kappa shape index (κ1) is 10.6. The van der Waals surface area contributed by atoms with Gasteiger partial charge in [0.2, 0.25) is 0 Å². The smallest absolute Gasteiger partial charge is 0.127 e. The van der Waals surface area contributed by atoms with Crippen LogP contribution >= 0.6 is 0 Å². The van der Waals surface area contributed by atoms with Crippen molar-refractivity contribution in [3.63, 3.8) is 0 Å². The first-order valence-corrected chi connectivity index (χ1v) is 6.08. The maximum absolute atomic E-state index is 10.1. The fourth-order valence-corrected chi connectivity index (χ4v) is 2.80. The van der Waals surface area contributed by atoms with Gasteiger partial charge in [0.1, 0.15) is 5.75 Å². The van der Waals surface area contributed by atoms with E-state index in [4.69, 9.17) is 4.74 Å². The van der Waals surface area contributed by atoms with Crippen LogP contribution in [0, 0.1) is 0 Å². The van der Waals surface area contributed by atoms with Crippen LogP contribution in [0.2, 0.25) is 0 Å². The highest BCUT2D eigenvalue weighted by Gasteiger charge is 2.21. The summed E-state index contributed by atoms with van der Waals surface area (Å²) < 4.78 is 5.43. The van der Waals surface area contributed by atoms with Crippen LogP contribution in [0.4, 0.5) is 0 Å². The van der Waals surface area contributed by atoms with Crippen molar-refractivity contribution < 1.29 is 9.84 Å². The fourth-order valence-electron chi connectivity index (χ4n) is 2.80. The number of ether oxygens (including phenoxy) is 1. The van der Waals surface area contributed by atoms with Crippen LogP contribution in [0.3, 0.4) is 0 Å². The van der Waals surface area contributed by atoms with Gasteiger partial charge in [-0.15, -0.1) is 0 Å². The van der Waals surface area contributed by atoms with E-state index in [1.165, 1.54) is 10.9 Å². The monoisotopic (exact) mass is 228 g/mol. The highest BCUT2D eigenvalue weighted by atomic mass is 16.5. The molecule has 0 spiro atoms. The summed E-state index contributed by atoms with van der Waals surface area (Å²) in [6.07, 6.45) is 2.63. The molecule has 0 fully saturated rings. The van der Waals surface area contributed by atoms with Gasteiger partial charge in [-0.1, -0.05) is 24.3 Å². The number of methoxy groups -OCH3 is 1. The summed E-state index contributed by atoms with van der Waals surface area (Å²) in [5.41, 5.74) is 2.34. The normalized spacial score (nSPS) is 19.1. The molecule has 0 aromatic heterocycles. The topological polar surface area (TPSA) is 29.5 Å². The van der Waals surface area contributed by atoms with Crippen molar-refractivity contribution in [1.82, 2.24) is 0 Å². The zero-order valence-electron chi connectivity index (χ0n) is 9.94. The third-order valence-electron chi connectivity index (χ3n) is 3.64. The summed E-state index contributed by atoms with van der Waals surface area (Å²) in [7, 11) is 1.68. The van der Waals surface area contributed by atoms with Gasteiger partial charge in [0.25, 0.3) is 0 Å². The van der Waals surface area contributed by atoms with Gasteiger partial charge in [0.15, 0.2) is 0 Å². The van der Waals surface area contributed by atoms with Gasteiger partial charge in [-0.2, -0.15) is 0 Å². The third-order valence-corrected chi connectivity index (χ3v) is 3.64. The molecular formula is C15H16O2. The lowest BCUT2D eigenvalue weighted by Crippen LogP contribution is -2.10. The van der Waals surface area contributed by atoms with Gasteiger partial charge >= 0.3 is 0 Å². The first-order valence-electron chi connectivity index (χ1n) is 6.08. The standard InChI is InChI=1S/C15H16O2/c1-17-15-9-13-11(7-4-8-14(13)16)10-5-2-3-6-12(10)15/h2-3,5-6,9,14,16H,4,7-8H2,1H3/t14-/m1/s1. The number of fused-ring (bicyclic) bond motifs is 3. The van der Waals surface area contributed by atoms with E-state index in [0.29, 0.717) is 0 Å². The summed E-state index contributed by atoms with van der Waals surface area (Å²) in [6, 6.07) is 10.3. The molecule has 3 rings (SSSR count). The molecule has 2 aromatic rings. The average molecular weight is 228 g/mol. The van der Waals surface area contributed by atoms with Crippen LogP contribution < -0.4 is 4.74 Å². The Morgan fingerprint density at radius 1 is 1.24 bits per heavy atom. The second-order valence-corrected chi connectivity index (χ2v) is 4.60. The molecule has 0 radical (unpaired) electrons. The van der Waals surface area contributed by atoms with Crippen LogP contribution in [0.15, 0.2) is 30.3 Å². The minimum absolute atomic E-state index is 0.336. The van der Waals surface area contributed by atoms with Crippen LogP contribution in [0.5, 0.6) is 5.75 Å². The molecule has 0 unspecified atom stereocenters. The molecule has 2 heteroatoms. The van der Waals surface area contributed by atoms with E-state index >= 15 is 0 Å². The van der Waals surface area contributed by atoms with Gasteiger partial charge in [-0.05, 0) is 41.8 Å². The second kappa shape index (κ2) is 4.04. The number of hydrogen-bond acceptors (Lipinski definition) is 2. The van der Waals surface area contributed by atoms with Crippen LogP contribution in [-0.4, -0.2) is 12.2 Å². The van der Waals surface area contributed by atoms with E-state index in [0.717, 1.165) is 36.0 Å². The van der Waals surface area contributed by atoms with E-state index in [9.17, 15) is 5.11 Å². The van der Waals surface area contributed by atoms with Gasteiger partial charge in [0.05, 0.1) is 13.2 Å². The maximum atomic E-state index is 10.1. The molecular weight excluding hydrogens is 212 g/mol. The van der Waals surface area contributed by atoms with E-state index in [1.54, 1.807) is 7.11 Å². The lowest BCUT2D eigenvalue weighted by molar-refractivity contribution is 0.156. The highest BCUT2D eigenvalue weighted by molar-refractivity contribution is 5.92. The van der Waals surface area contributed by atoms with Crippen molar-refractivity contribution in [2.75, 3.05) is 7.11 Å². The molecule has 2 aromatic carbocycles. The van der Waals surface area contributed by atoms with Crippen molar-refractivity contribution in [2.45, 2.75) is 25.4 Å². The molecule has 0 amide bonds. The van der Waals surface area contributed by atoms with Crippen LogP contribution in [0.25, 0.3) is 10.8 Å². The summed E-state index contributed by atoms with van der Waals surface area (Å²) in [5, 5.41) is 12.4. The second-order valence-electron chi connectivity index (χ2n) is 4.60. The van der Waals surface area contributed by atoms with Gasteiger partial charge in [-0.25, -0.2) is 0 Å². The molecule has 0 bridgehead atoms. The average Bonchev–Trinajstić information content (AvgIpc) is 2.38. The highest BCUT2D eigenvalue weighted by Crippen LogP contribution is 2.39. The Hall–Kier alpha value is -1.54. The molecule has 1 aliphatic rings. The molecule has 2 nitrogen and oxygen atoms in total. The summed E-state index contributed by atoms with van der Waals surface area (Å²) in [4.78, 5) is 0. The number of aryl methyl sites for hydroxylation is 1. The Labute approximate surface area is 101 Å².